The summed E-state index contributed by atoms with van der Waals surface area (Å²) in [5, 5.41) is 3.06. The van der Waals surface area contributed by atoms with E-state index in [1.807, 2.05) is 0 Å². The SMILES string of the molecule is Cc1nc(Cl)ccc1NC(=O)c1ccn(C)c(=O)c1. The third-order valence-corrected chi connectivity index (χ3v) is 2.88. The Labute approximate surface area is 114 Å². The van der Waals surface area contributed by atoms with E-state index in [0.29, 0.717) is 22.1 Å². The van der Waals surface area contributed by atoms with Crippen molar-refractivity contribution in [1.82, 2.24) is 9.55 Å². The smallest absolute Gasteiger partial charge is 0.255 e. The first kappa shape index (κ1) is 13.3. The van der Waals surface area contributed by atoms with Crippen LogP contribution in [0.15, 0.2) is 35.3 Å². The summed E-state index contributed by atoms with van der Waals surface area (Å²) in [5.41, 5.74) is 1.25. The topological polar surface area (TPSA) is 64.0 Å². The molecule has 0 fully saturated rings. The molecule has 0 unspecified atom stereocenters. The van der Waals surface area contributed by atoms with Crippen LogP contribution in [0.3, 0.4) is 0 Å². The fourth-order valence-electron chi connectivity index (χ4n) is 1.55. The molecule has 2 rings (SSSR count). The number of amides is 1. The molecule has 0 atom stereocenters. The Balaban J connectivity index is 2.25. The van der Waals surface area contributed by atoms with Gasteiger partial charge in [-0.05, 0) is 25.1 Å². The average Bonchev–Trinajstić information content (AvgIpc) is 2.36. The van der Waals surface area contributed by atoms with Crippen LogP contribution in [0.25, 0.3) is 0 Å². The maximum Gasteiger partial charge on any atom is 0.255 e. The largest absolute Gasteiger partial charge is 0.320 e. The van der Waals surface area contributed by atoms with Crippen LogP contribution in [0.2, 0.25) is 5.15 Å². The molecule has 0 aliphatic rings. The number of aromatic nitrogens is 2. The van der Waals surface area contributed by atoms with Crippen molar-refractivity contribution in [2.24, 2.45) is 7.05 Å². The number of hydrogen-bond acceptors (Lipinski definition) is 3. The van der Waals surface area contributed by atoms with Crippen molar-refractivity contribution in [3.8, 4) is 0 Å². The van der Waals surface area contributed by atoms with Crippen LogP contribution in [0.4, 0.5) is 5.69 Å². The molecular weight excluding hydrogens is 266 g/mol. The number of carbonyl (C=O) groups excluding carboxylic acids is 1. The molecule has 0 aliphatic carbocycles. The van der Waals surface area contributed by atoms with Gasteiger partial charge in [0.15, 0.2) is 0 Å². The monoisotopic (exact) mass is 277 g/mol. The summed E-state index contributed by atoms with van der Waals surface area (Å²) >= 11 is 5.74. The summed E-state index contributed by atoms with van der Waals surface area (Å²) in [6.45, 7) is 1.74. The van der Waals surface area contributed by atoms with Crippen molar-refractivity contribution < 1.29 is 4.79 Å². The Morgan fingerprint density at radius 1 is 1.37 bits per heavy atom. The maximum absolute atomic E-state index is 12.0. The minimum Gasteiger partial charge on any atom is -0.320 e. The van der Waals surface area contributed by atoms with E-state index >= 15 is 0 Å². The predicted molar refractivity (Wildman–Crippen MR) is 73.6 cm³/mol. The van der Waals surface area contributed by atoms with Crippen molar-refractivity contribution in [3.05, 3.63) is 57.2 Å². The third kappa shape index (κ3) is 3.00. The molecule has 0 aromatic carbocycles. The number of nitrogens with zero attached hydrogens (tertiary/aromatic N) is 2. The molecule has 1 N–H and O–H groups in total. The number of pyridine rings is 2. The van der Waals surface area contributed by atoms with Gasteiger partial charge in [0.25, 0.3) is 11.5 Å². The highest BCUT2D eigenvalue weighted by molar-refractivity contribution is 6.29. The van der Waals surface area contributed by atoms with Gasteiger partial charge in [0.05, 0.1) is 11.4 Å². The van der Waals surface area contributed by atoms with Crippen LogP contribution >= 0.6 is 11.6 Å². The molecule has 2 heterocycles. The lowest BCUT2D eigenvalue weighted by Gasteiger charge is -2.08. The second-order valence-electron chi connectivity index (χ2n) is 4.09. The molecule has 6 heteroatoms. The molecule has 2 aromatic rings. The van der Waals surface area contributed by atoms with Gasteiger partial charge in [-0.2, -0.15) is 0 Å². The molecule has 0 saturated carbocycles. The summed E-state index contributed by atoms with van der Waals surface area (Å²) in [6, 6.07) is 6.13. The van der Waals surface area contributed by atoms with Crippen LogP contribution in [0, 0.1) is 6.92 Å². The van der Waals surface area contributed by atoms with Gasteiger partial charge in [-0.25, -0.2) is 4.98 Å². The molecule has 0 saturated heterocycles. The van der Waals surface area contributed by atoms with Gasteiger partial charge >= 0.3 is 0 Å². The molecule has 98 valence electrons. The Hall–Kier alpha value is -2.14. The van der Waals surface area contributed by atoms with E-state index in [-0.39, 0.29) is 11.5 Å². The number of anilines is 1. The first-order valence-corrected chi connectivity index (χ1v) is 5.96. The van der Waals surface area contributed by atoms with E-state index in [0.717, 1.165) is 0 Å². The normalized spacial score (nSPS) is 10.3. The Morgan fingerprint density at radius 3 is 2.74 bits per heavy atom. The van der Waals surface area contributed by atoms with Crippen molar-refractivity contribution in [3.63, 3.8) is 0 Å². The van der Waals surface area contributed by atoms with E-state index < -0.39 is 0 Å². The molecule has 0 spiro atoms. The maximum atomic E-state index is 12.0. The van der Waals surface area contributed by atoms with E-state index in [1.165, 1.54) is 10.6 Å². The highest BCUT2D eigenvalue weighted by atomic mass is 35.5. The summed E-state index contributed by atoms with van der Waals surface area (Å²) in [4.78, 5) is 27.5. The standard InChI is InChI=1S/C13H12ClN3O2/c1-8-10(3-4-11(14)15-8)16-13(19)9-5-6-17(2)12(18)7-9/h3-7H,1-2H3,(H,16,19). The summed E-state index contributed by atoms with van der Waals surface area (Å²) < 4.78 is 1.39. The molecule has 5 nitrogen and oxygen atoms in total. The zero-order valence-electron chi connectivity index (χ0n) is 10.5. The van der Waals surface area contributed by atoms with Gasteiger partial charge in [-0.1, -0.05) is 11.6 Å². The van der Waals surface area contributed by atoms with Crippen molar-refractivity contribution >= 4 is 23.2 Å². The van der Waals surface area contributed by atoms with E-state index in [2.05, 4.69) is 10.3 Å². The molecular formula is C13H12ClN3O2. The quantitative estimate of drug-likeness (QED) is 0.854. The fourth-order valence-corrected chi connectivity index (χ4v) is 1.74. The highest BCUT2D eigenvalue weighted by Gasteiger charge is 2.09. The van der Waals surface area contributed by atoms with E-state index in [4.69, 9.17) is 11.6 Å². The molecule has 1 amide bonds. The Bertz CT molecular complexity index is 695. The van der Waals surface area contributed by atoms with Crippen LogP contribution in [-0.4, -0.2) is 15.5 Å². The molecule has 2 aromatic heterocycles. The van der Waals surface area contributed by atoms with Gasteiger partial charge in [0.2, 0.25) is 0 Å². The molecule has 0 radical (unpaired) electrons. The number of halogens is 1. The number of carbonyl (C=O) groups is 1. The highest BCUT2D eigenvalue weighted by Crippen LogP contribution is 2.16. The lowest BCUT2D eigenvalue weighted by atomic mass is 10.2. The fraction of sp³-hybridized carbons (Fsp3) is 0.154. The van der Waals surface area contributed by atoms with Gasteiger partial charge in [-0.15, -0.1) is 0 Å². The first-order chi connectivity index (χ1) is 8.97. The summed E-state index contributed by atoms with van der Waals surface area (Å²) in [7, 11) is 1.62. The number of hydrogen-bond donors (Lipinski definition) is 1. The summed E-state index contributed by atoms with van der Waals surface area (Å²) in [6.07, 6.45) is 1.55. The van der Waals surface area contributed by atoms with Gasteiger partial charge in [0, 0.05) is 24.9 Å². The summed E-state index contributed by atoms with van der Waals surface area (Å²) in [5.74, 6) is -0.357. The lowest BCUT2D eigenvalue weighted by Crippen LogP contribution is -2.20. The minimum atomic E-state index is -0.357. The van der Waals surface area contributed by atoms with Gasteiger partial charge in [-0.3, -0.25) is 9.59 Å². The van der Waals surface area contributed by atoms with Crippen LogP contribution in [0.1, 0.15) is 16.1 Å². The lowest BCUT2D eigenvalue weighted by molar-refractivity contribution is 0.102. The molecule has 0 aliphatic heterocycles. The zero-order chi connectivity index (χ0) is 14.0. The van der Waals surface area contributed by atoms with E-state index in [1.54, 1.807) is 38.4 Å². The minimum absolute atomic E-state index is 0.237. The van der Waals surface area contributed by atoms with E-state index in [9.17, 15) is 9.59 Å². The van der Waals surface area contributed by atoms with Crippen LogP contribution in [0.5, 0.6) is 0 Å². The van der Waals surface area contributed by atoms with Crippen LogP contribution < -0.4 is 10.9 Å². The molecule has 0 bridgehead atoms. The van der Waals surface area contributed by atoms with Crippen molar-refractivity contribution in [2.45, 2.75) is 6.92 Å². The molecule has 19 heavy (non-hydrogen) atoms. The predicted octanol–water partition coefficient (Wildman–Crippen LogP) is 1.99. The zero-order valence-corrected chi connectivity index (χ0v) is 11.2. The second-order valence-corrected chi connectivity index (χ2v) is 4.47. The Kier molecular flexibility index (Phi) is 3.66. The van der Waals surface area contributed by atoms with Gasteiger partial charge in [0.1, 0.15) is 5.15 Å². The number of nitrogens with one attached hydrogen (secondary N) is 1. The average molecular weight is 278 g/mol. The first-order valence-electron chi connectivity index (χ1n) is 5.58. The number of aryl methyl sites for hydroxylation is 2. The van der Waals surface area contributed by atoms with Crippen molar-refractivity contribution in [1.29, 1.82) is 0 Å². The Morgan fingerprint density at radius 2 is 2.11 bits per heavy atom. The van der Waals surface area contributed by atoms with Crippen molar-refractivity contribution in [2.75, 3.05) is 5.32 Å². The third-order valence-electron chi connectivity index (χ3n) is 2.67. The van der Waals surface area contributed by atoms with Crippen LogP contribution in [-0.2, 0) is 7.05 Å². The van der Waals surface area contributed by atoms with Gasteiger partial charge < -0.3 is 9.88 Å². The number of rotatable bonds is 2. The second kappa shape index (κ2) is 5.24.